The van der Waals surface area contributed by atoms with Gasteiger partial charge >= 0.3 is 5.97 Å². The molecular weight excluding hydrogens is 256 g/mol. The molecule has 2 atom stereocenters. The molecule has 5 nitrogen and oxygen atoms in total. The van der Waals surface area contributed by atoms with E-state index in [-0.39, 0.29) is 17.9 Å². The molecule has 4 N–H and O–H groups in total. The third kappa shape index (κ3) is 3.14. The Hall–Kier alpha value is -1.10. The van der Waals surface area contributed by atoms with Crippen LogP contribution in [0.1, 0.15) is 51.9 Å². The summed E-state index contributed by atoms with van der Waals surface area (Å²) >= 11 is 0. The summed E-state index contributed by atoms with van der Waals surface area (Å²) in [6.07, 6.45) is 5.78. The lowest BCUT2D eigenvalue weighted by Crippen LogP contribution is -2.50. The summed E-state index contributed by atoms with van der Waals surface area (Å²) in [4.78, 5) is 23.5. The lowest BCUT2D eigenvalue weighted by molar-refractivity contribution is -0.141. The average molecular weight is 282 g/mol. The molecule has 2 unspecified atom stereocenters. The van der Waals surface area contributed by atoms with Crippen molar-refractivity contribution in [3.8, 4) is 0 Å². The third-order valence-corrected chi connectivity index (χ3v) is 5.22. The van der Waals surface area contributed by atoms with E-state index in [1.54, 1.807) is 0 Å². The summed E-state index contributed by atoms with van der Waals surface area (Å²) in [5, 5.41) is 12.1. The normalized spacial score (nSPS) is 37.6. The molecule has 2 rings (SSSR count). The predicted molar refractivity (Wildman–Crippen MR) is 76.0 cm³/mol. The van der Waals surface area contributed by atoms with Gasteiger partial charge in [-0.1, -0.05) is 6.92 Å². The summed E-state index contributed by atoms with van der Waals surface area (Å²) in [7, 11) is 0. The molecule has 2 aliphatic rings. The second kappa shape index (κ2) is 6.12. The highest BCUT2D eigenvalue weighted by Crippen LogP contribution is 2.39. The first-order chi connectivity index (χ1) is 9.47. The zero-order valence-electron chi connectivity index (χ0n) is 12.2. The maximum Gasteiger partial charge on any atom is 0.306 e. The summed E-state index contributed by atoms with van der Waals surface area (Å²) in [6.45, 7) is 2.60. The molecule has 2 saturated carbocycles. The van der Waals surface area contributed by atoms with Gasteiger partial charge in [-0.05, 0) is 50.9 Å². The Labute approximate surface area is 120 Å². The van der Waals surface area contributed by atoms with Gasteiger partial charge in [-0.3, -0.25) is 9.59 Å². The summed E-state index contributed by atoms with van der Waals surface area (Å²) in [6, 6.07) is 0.00590. The van der Waals surface area contributed by atoms with Crippen molar-refractivity contribution in [2.75, 3.05) is 6.54 Å². The molecule has 0 aromatic rings. The van der Waals surface area contributed by atoms with Gasteiger partial charge in [-0.25, -0.2) is 0 Å². The van der Waals surface area contributed by atoms with Crippen LogP contribution in [0.3, 0.4) is 0 Å². The number of aliphatic carboxylic acids is 1. The zero-order valence-corrected chi connectivity index (χ0v) is 12.2. The van der Waals surface area contributed by atoms with Gasteiger partial charge < -0.3 is 16.2 Å². The molecule has 1 amide bonds. The summed E-state index contributed by atoms with van der Waals surface area (Å²) < 4.78 is 0. The average Bonchev–Trinajstić information content (AvgIpc) is 2.88. The highest BCUT2D eigenvalue weighted by Gasteiger charge is 2.41. The smallest absolute Gasteiger partial charge is 0.306 e. The van der Waals surface area contributed by atoms with Gasteiger partial charge in [0, 0.05) is 12.6 Å². The van der Waals surface area contributed by atoms with E-state index < -0.39 is 11.4 Å². The summed E-state index contributed by atoms with van der Waals surface area (Å²) in [5.74, 6) is -0.337. The van der Waals surface area contributed by atoms with E-state index in [2.05, 4.69) is 12.2 Å². The highest BCUT2D eigenvalue weighted by atomic mass is 16.4. The van der Waals surface area contributed by atoms with Gasteiger partial charge in [-0.2, -0.15) is 0 Å². The minimum Gasteiger partial charge on any atom is -0.481 e. The van der Waals surface area contributed by atoms with Crippen molar-refractivity contribution in [2.45, 2.75) is 57.9 Å². The molecule has 0 heterocycles. The quantitative estimate of drug-likeness (QED) is 0.728. The van der Waals surface area contributed by atoms with Crippen LogP contribution in [0.2, 0.25) is 0 Å². The van der Waals surface area contributed by atoms with Crippen molar-refractivity contribution >= 4 is 11.9 Å². The van der Waals surface area contributed by atoms with E-state index in [0.29, 0.717) is 25.3 Å². The third-order valence-electron chi connectivity index (χ3n) is 5.22. The fraction of sp³-hybridized carbons (Fsp3) is 0.867. The lowest BCUT2D eigenvalue weighted by Gasteiger charge is -2.37. The topological polar surface area (TPSA) is 92.4 Å². The van der Waals surface area contributed by atoms with Crippen LogP contribution in [-0.4, -0.2) is 29.6 Å². The molecule has 0 spiro atoms. The Kier molecular flexibility index (Phi) is 4.68. The first kappa shape index (κ1) is 15.3. The molecule has 5 heteroatoms. The van der Waals surface area contributed by atoms with Gasteiger partial charge in [0.15, 0.2) is 0 Å². The van der Waals surface area contributed by atoms with Crippen LogP contribution >= 0.6 is 0 Å². The van der Waals surface area contributed by atoms with Gasteiger partial charge in [0.25, 0.3) is 0 Å². The molecule has 0 aliphatic heterocycles. The first-order valence-electron chi connectivity index (χ1n) is 7.70. The molecule has 2 aliphatic carbocycles. The summed E-state index contributed by atoms with van der Waals surface area (Å²) in [5.41, 5.74) is 5.46. The lowest BCUT2D eigenvalue weighted by atomic mass is 9.70. The van der Waals surface area contributed by atoms with Crippen LogP contribution in [0.5, 0.6) is 0 Å². The van der Waals surface area contributed by atoms with Gasteiger partial charge in [-0.15, -0.1) is 0 Å². The van der Waals surface area contributed by atoms with Gasteiger partial charge in [0.05, 0.1) is 11.3 Å². The molecule has 0 saturated heterocycles. The van der Waals surface area contributed by atoms with E-state index in [1.165, 1.54) is 0 Å². The number of nitrogens with one attached hydrogen (secondary N) is 1. The van der Waals surface area contributed by atoms with Crippen molar-refractivity contribution in [2.24, 2.45) is 23.0 Å². The Bertz CT molecular complexity index is 375. The first-order valence-corrected chi connectivity index (χ1v) is 7.70. The Morgan fingerprint density at radius 3 is 2.40 bits per heavy atom. The second-order valence-electron chi connectivity index (χ2n) is 6.69. The van der Waals surface area contributed by atoms with Crippen LogP contribution in [-0.2, 0) is 9.59 Å². The zero-order chi connectivity index (χ0) is 14.8. The van der Waals surface area contributed by atoms with Gasteiger partial charge in [0.1, 0.15) is 0 Å². The fourth-order valence-corrected chi connectivity index (χ4v) is 3.51. The SMILES string of the molecule is CC1CCC(CN)(C(=O)NC2CCC(C(=O)O)C2)CC1. The molecule has 0 radical (unpaired) electrons. The predicted octanol–water partition coefficient (Wildman–Crippen LogP) is 1.51. The van der Waals surface area contributed by atoms with Crippen molar-refractivity contribution in [1.29, 1.82) is 0 Å². The monoisotopic (exact) mass is 282 g/mol. The van der Waals surface area contributed by atoms with Crippen LogP contribution in [0.4, 0.5) is 0 Å². The molecular formula is C15H26N2O3. The number of carboxylic acids is 1. The Morgan fingerprint density at radius 1 is 1.25 bits per heavy atom. The van der Waals surface area contributed by atoms with Crippen molar-refractivity contribution < 1.29 is 14.7 Å². The van der Waals surface area contributed by atoms with Crippen LogP contribution in [0, 0.1) is 17.3 Å². The van der Waals surface area contributed by atoms with E-state index in [1.807, 2.05) is 0 Å². The van der Waals surface area contributed by atoms with E-state index in [0.717, 1.165) is 32.1 Å². The molecule has 20 heavy (non-hydrogen) atoms. The molecule has 0 bridgehead atoms. The molecule has 0 aromatic heterocycles. The van der Waals surface area contributed by atoms with Crippen molar-refractivity contribution in [3.05, 3.63) is 0 Å². The number of carbonyl (C=O) groups excluding carboxylic acids is 1. The minimum atomic E-state index is -0.748. The van der Waals surface area contributed by atoms with Crippen LogP contribution < -0.4 is 11.1 Å². The minimum absolute atomic E-state index is 0.00590. The Balaban J connectivity index is 1.92. The number of amides is 1. The van der Waals surface area contributed by atoms with Gasteiger partial charge in [0.2, 0.25) is 5.91 Å². The second-order valence-corrected chi connectivity index (χ2v) is 6.69. The number of hydrogen-bond donors (Lipinski definition) is 3. The number of hydrogen-bond acceptors (Lipinski definition) is 3. The maximum absolute atomic E-state index is 12.6. The molecule has 0 aromatic carbocycles. The number of nitrogens with two attached hydrogens (primary N) is 1. The maximum atomic E-state index is 12.6. The number of carboxylic acid groups (broad SMARTS) is 1. The fourth-order valence-electron chi connectivity index (χ4n) is 3.51. The number of rotatable bonds is 4. The largest absolute Gasteiger partial charge is 0.481 e. The molecule has 114 valence electrons. The van der Waals surface area contributed by atoms with E-state index in [4.69, 9.17) is 10.8 Å². The number of carbonyl (C=O) groups is 2. The standard InChI is InChI=1S/C15H26N2O3/c1-10-4-6-15(9-16,7-5-10)14(20)17-12-3-2-11(8-12)13(18)19/h10-12H,2-9,16H2,1H3,(H,17,20)(H,18,19). The van der Waals surface area contributed by atoms with E-state index in [9.17, 15) is 9.59 Å². The highest BCUT2D eigenvalue weighted by molar-refractivity contribution is 5.83. The van der Waals surface area contributed by atoms with Crippen LogP contribution in [0.25, 0.3) is 0 Å². The molecule has 2 fully saturated rings. The Morgan fingerprint density at radius 2 is 1.90 bits per heavy atom. The van der Waals surface area contributed by atoms with Crippen LogP contribution in [0.15, 0.2) is 0 Å². The van der Waals surface area contributed by atoms with Crippen molar-refractivity contribution in [3.63, 3.8) is 0 Å². The van der Waals surface area contributed by atoms with Crippen molar-refractivity contribution in [1.82, 2.24) is 5.32 Å². The van der Waals surface area contributed by atoms with E-state index >= 15 is 0 Å².